The van der Waals surface area contributed by atoms with Crippen molar-refractivity contribution >= 4 is 5.91 Å². The third-order valence-corrected chi connectivity index (χ3v) is 5.34. The summed E-state index contributed by atoms with van der Waals surface area (Å²) >= 11 is 0. The second kappa shape index (κ2) is 6.88. The maximum atomic E-state index is 13.6. The monoisotopic (exact) mass is 337 g/mol. The Balaban J connectivity index is 1.72. The van der Waals surface area contributed by atoms with Gasteiger partial charge in [0.1, 0.15) is 5.54 Å². The number of amides is 1. The number of hydrogen-bond donors (Lipinski definition) is 0. The molecule has 1 atom stereocenters. The average molecular weight is 337 g/mol. The lowest BCUT2D eigenvalue weighted by molar-refractivity contribution is -0.143. The highest BCUT2D eigenvalue weighted by atomic mass is 16.2. The molecule has 0 N–H and O–H groups in total. The van der Waals surface area contributed by atoms with Crippen LogP contribution in [-0.2, 0) is 16.9 Å². The minimum Gasteiger partial charge on any atom is -0.341 e. The van der Waals surface area contributed by atoms with Crippen LogP contribution in [0.5, 0.6) is 0 Å². The fraction of sp³-hybridized carbons (Fsp3) is 0.474. The zero-order valence-corrected chi connectivity index (χ0v) is 14.3. The summed E-state index contributed by atoms with van der Waals surface area (Å²) in [7, 11) is 0. The van der Waals surface area contributed by atoms with E-state index in [4.69, 9.17) is 0 Å². The summed E-state index contributed by atoms with van der Waals surface area (Å²) in [6, 6.07) is 4.00. The van der Waals surface area contributed by atoms with Crippen molar-refractivity contribution in [2.24, 2.45) is 0 Å². The molecule has 6 nitrogen and oxygen atoms in total. The van der Waals surface area contributed by atoms with Crippen LogP contribution >= 0.6 is 0 Å². The summed E-state index contributed by atoms with van der Waals surface area (Å²) in [5.41, 5.74) is 1.19. The van der Waals surface area contributed by atoms with Crippen LogP contribution in [0.15, 0.2) is 43.1 Å². The SMILES string of the molecule is O=C(N1CCCC1)C1(c2cnccn2)CCCN1Cc1cccnc1. The van der Waals surface area contributed by atoms with Crippen LogP contribution in [0.4, 0.5) is 0 Å². The number of nitrogens with zero attached hydrogens (tertiary/aromatic N) is 5. The zero-order valence-electron chi connectivity index (χ0n) is 14.3. The van der Waals surface area contributed by atoms with Crippen molar-refractivity contribution in [1.82, 2.24) is 24.8 Å². The van der Waals surface area contributed by atoms with Gasteiger partial charge in [0.2, 0.25) is 5.91 Å². The standard InChI is InChI=1S/C19H23N5O/c25-18(23-10-1-2-11-23)19(17-14-21-8-9-22-17)6-4-12-24(19)15-16-5-3-7-20-13-16/h3,5,7-9,13-14H,1-2,4,6,10-12,15H2. The molecule has 6 heteroatoms. The lowest BCUT2D eigenvalue weighted by atomic mass is 9.89. The molecule has 0 aliphatic carbocycles. The first-order valence-corrected chi connectivity index (χ1v) is 9.00. The first-order valence-electron chi connectivity index (χ1n) is 9.00. The van der Waals surface area contributed by atoms with Gasteiger partial charge in [0.25, 0.3) is 0 Å². The van der Waals surface area contributed by atoms with E-state index < -0.39 is 5.54 Å². The van der Waals surface area contributed by atoms with Gasteiger partial charge in [-0.25, -0.2) is 0 Å². The van der Waals surface area contributed by atoms with Crippen LogP contribution in [0.3, 0.4) is 0 Å². The third kappa shape index (κ3) is 2.91. The summed E-state index contributed by atoms with van der Waals surface area (Å²) in [6.45, 7) is 3.28. The summed E-state index contributed by atoms with van der Waals surface area (Å²) in [5.74, 6) is 0.187. The van der Waals surface area contributed by atoms with Gasteiger partial charge in [0.15, 0.2) is 0 Å². The second-order valence-electron chi connectivity index (χ2n) is 6.84. The predicted molar refractivity (Wildman–Crippen MR) is 93.4 cm³/mol. The first-order chi connectivity index (χ1) is 12.3. The van der Waals surface area contributed by atoms with E-state index >= 15 is 0 Å². The normalized spacial score (nSPS) is 23.9. The number of rotatable bonds is 4. The molecule has 2 saturated heterocycles. The van der Waals surface area contributed by atoms with E-state index in [2.05, 4.69) is 25.9 Å². The minimum absolute atomic E-state index is 0.187. The van der Waals surface area contributed by atoms with E-state index in [1.807, 2.05) is 17.2 Å². The number of pyridine rings is 1. The number of carbonyl (C=O) groups excluding carboxylic acids is 1. The molecule has 2 aromatic heterocycles. The molecule has 0 aromatic carbocycles. The van der Waals surface area contributed by atoms with Crippen LogP contribution < -0.4 is 0 Å². The Labute approximate surface area is 147 Å². The van der Waals surface area contributed by atoms with E-state index in [0.29, 0.717) is 6.54 Å². The van der Waals surface area contributed by atoms with Gasteiger partial charge in [-0.2, -0.15) is 0 Å². The third-order valence-electron chi connectivity index (χ3n) is 5.34. The summed E-state index contributed by atoms with van der Waals surface area (Å²) in [5, 5.41) is 0. The van der Waals surface area contributed by atoms with Crippen molar-refractivity contribution in [2.75, 3.05) is 19.6 Å². The van der Waals surface area contributed by atoms with Crippen molar-refractivity contribution in [3.63, 3.8) is 0 Å². The van der Waals surface area contributed by atoms with Gasteiger partial charge in [0, 0.05) is 44.4 Å². The van der Waals surface area contributed by atoms with Gasteiger partial charge in [-0.05, 0) is 43.9 Å². The molecule has 1 unspecified atom stereocenters. The van der Waals surface area contributed by atoms with E-state index in [0.717, 1.165) is 56.6 Å². The molecule has 4 heterocycles. The summed E-state index contributed by atoms with van der Waals surface area (Å²) in [4.78, 5) is 30.9. The quantitative estimate of drug-likeness (QED) is 0.854. The Bertz CT molecular complexity index is 717. The van der Waals surface area contributed by atoms with Gasteiger partial charge < -0.3 is 4.90 Å². The summed E-state index contributed by atoms with van der Waals surface area (Å²) in [6.07, 6.45) is 12.7. The fourth-order valence-electron chi connectivity index (χ4n) is 4.14. The molecule has 0 radical (unpaired) electrons. The van der Waals surface area contributed by atoms with Crippen LogP contribution in [-0.4, -0.2) is 50.3 Å². The molecule has 25 heavy (non-hydrogen) atoms. The van der Waals surface area contributed by atoms with E-state index in [1.165, 1.54) is 0 Å². The molecule has 2 fully saturated rings. The Kier molecular flexibility index (Phi) is 4.44. The molecule has 0 saturated carbocycles. The minimum atomic E-state index is -0.700. The molecule has 0 spiro atoms. The second-order valence-corrected chi connectivity index (χ2v) is 6.84. The smallest absolute Gasteiger partial charge is 0.249 e. The maximum absolute atomic E-state index is 13.6. The van der Waals surface area contributed by atoms with Gasteiger partial charge in [-0.1, -0.05) is 6.07 Å². The Hall–Kier alpha value is -2.34. The number of aromatic nitrogens is 3. The van der Waals surface area contributed by atoms with E-state index in [-0.39, 0.29) is 5.91 Å². The molecule has 2 aliphatic rings. The largest absolute Gasteiger partial charge is 0.341 e. The highest BCUT2D eigenvalue weighted by Crippen LogP contribution is 2.41. The van der Waals surface area contributed by atoms with Gasteiger partial charge >= 0.3 is 0 Å². The molecule has 1 amide bonds. The molecular formula is C19H23N5O. The van der Waals surface area contributed by atoms with Crippen molar-refractivity contribution in [1.29, 1.82) is 0 Å². The maximum Gasteiger partial charge on any atom is 0.249 e. The van der Waals surface area contributed by atoms with Crippen LogP contribution in [0.1, 0.15) is 36.9 Å². The Morgan fingerprint density at radius 1 is 1.04 bits per heavy atom. The molecule has 2 aromatic rings. The molecule has 0 bridgehead atoms. The number of hydrogen-bond acceptors (Lipinski definition) is 5. The van der Waals surface area contributed by atoms with Crippen LogP contribution in [0.25, 0.3) is 0 Å². The van der Waals surface area contributed by atoms with E-state index in [9.17, 15) is 4.79 Å². The Morgan fingerprint density at radius 2 is 1.88 bits per heavy atom. The fourth-order valence-corrected chi connectivity index (χ4v) is 4.14. The lowest BCUT2D eigenvalue weighted by Crippen LogP contribution is -2.54. The molecular weight excluding hydrogens is 314 g/mol. The zero-order chi connectivity index (χ0) is 17.1. The Morgan fingerprint density at radius 3 is 2.60 bits per heavy atom. The number of likely N-dealkylation sites (tertiary alicyclic amines) is 2. The highest BCUT2D eigenvalue weighted by Gasteiger charge is 2.52. The molecule has 4 rings (SSSR count). The van der Waals surface area contributed by atoms with Crippen molar-refractivity contribution in [2.45, 2.75) is 37.8 Å². The lowest BCUT2D eigenvalue weighted by Gasteiger charge is -2.39. The van der Waals surface area contributed by atoms with Crippen molar-refractivity contribution in [3.8, 4) is 0 Å². The van der Waals surface area contributed by atoms with Crippen molar-refractivity contribution in [3.05, 3.63) is 54.4 Å². The molecule has 130 valence electrons. The number of carbonyl (C=O) groups is 1. The van der Waals surface area contributed by atoms with E-state index in [1.54, 1.807) is 24.8 Å². The topological polar surface area (TPSA) is 62.2 Å². The van der Waals surface area contributed by atoms with Crippen LogP contribution in [0, 0.1) is 0 Å². The first kappa shape index (κ1) is 16.1. The summed E-state index contributed by atoms with van der Waals surface area (Å²) < 4.78 is 0. The van der Waals surface area contributed by atoms with Gasteiger partial charge in [-0.15, -0.1) is 0 Å². The average Bonchev–Trinajstić information content (AvgIpc) is 3.33. The van der Waals surface area contributed by atoms with Crippen LogP contribution in [0.2, 0.25) is 0 Å². The highest BCUT2D eigenvalue weighted by molar-refractivity contribution is 5.87. The van der Waals surface area contributed by atoms with Crippen molar-refractivity contribution < 1.29 is 4.79 Å². The van der Waals surface area contributed by atoms with Gasteiger partial charge in [-0.3, -0.25) is 24.6 Å². The predicted octanol–water partition coefficient (Wildman–Crippen LogP) is 1.99. The molecule has 2 aliphatic heterocycles. The van der Waals surface area contributed by atoms with Gasteiger partial charge in [0.05, 0.1) is 11.9 Å².